The molecule has 2 aliphatic heterocycles. The van der Waals surface area contributed by atoms with Crippen molar-refractivity contribution in [2.45, 2.75) is 0 Å². The molecule has 0 unspecified atom stereocenters. The van der Waals surface area contributed by atoms with Gasteiger partial charge in [-0.15, -0.1) is 0 Å². The van der Waals surface area contributed by atoms with E-state index in [0.717, 1.165) is 0 Å². The van der Waals surface area contributed by atoms with E-state index in [0.29, 0.717) is 11.4 Å². The van der Waals surface area contributed by atoms with Gasteiger partial charge in [0.15, 0.2) is 5.71 Å². The van der Waals surface area contributed by atoms with Gasteiger partial charge in [0, 0.05) is 6.08 Å². The van der Waals surface area contributed by atoms with Crippen LogP contribution in [0.25, 0.3) is 0 Å². The quantitative estimate of drug-likeness (QED) is 0.480. The monoisotopic (exact) mass is 137 g/mol. The molecule has 0 atom stereocenters. The van der Waals surface area contributed by atoms with Gasteiger partial charge in [-0.2, -0.15) is 0 Å². The highest BCUT2D eigenvalue weighted by Gasteiger charge is 2.12. The zero-order chi connectivity index (χ0) is 6.81. The Bertz CT molecular complexity index is 236. The summed E-state index contributed by atoms with van der Waals surface area (Å²) >= 11 is 0. The molecule has 5 nitrogen and oxygen atoms in total. The van der Waals surface area contributed by atoms with Crippen molar-refractivity contribution >= 4 is 17.6 Å². The second kappa shape index (κ2) is 1.94. The minimum Gasteiger partial charge on any atom is -0.364 e. The topological polar surface area (TPSA) is 55.5 Å². The maximum absolute atomic E-state index is 4.62. The van der Waals surface area contributed by atoms with Crippen LogP contribution in [0.3, 0.4) is 0 Å². The molecular formula is C5H3N3O2. The van der Waals surface area contributed by atoms with E-state index in [1.807, 2.05) is 0 Å². The van der Waals surface area contributed by atoms with Crippen LogP contribution in [-0.2, 0) is 9.78 Å². The van der Waals surface area contributed by atoms with Crippen LogP contribution in [0.15, 0.2) is 27.8 Å². The minimum atomic E-state index is 0.578. The van der Waals surface area contributed by atoms with Gasteiger partial charge in [-0.3, -0.25) is 0 Å². The first kappa shape index (κ1) is 5.16. The van der Waals surface area contributed by atoms with Gasteiger partial charge in [-0.05, 0) is 5.16 Å². The molecule has 0 saturated carbocycles. The van der Waals surface area contributed by atoms with Gasteiger partial charge in [-0.25, -0.2) is 4.94 Å². The highest BCUT2D eigenvalue weighted by molar-refractivity contribution is 6.65. The summed E-state index contributed by atoms with van der Waals surface area (Å²) in [6.07, 6.45) is 4.50. The van der Waals surface area contributed by atoms with Crippen molar-refractivity contribution in [2.75, 3.05) is 0 Å². The van der Waals surface area contributed by atoms with Crippen LogP contribution < -0.4 is 0 Å². The summed E-state index contributed by atoms with van der Waals surface area (Å²) in [6, 6.07) is 0. The van der Waals surface area contributed by atoms with Crippen LogP contribution >= 0.6 is 0 Å². The minimum absolute atomic E-state index is 0.578. The van der Waals surface area contributed by atoms with Crippen LogP contribution in [0.1, 0.15) is 0 Å². The summed E-state index contributed by atoms with van der Waals surface area (Å²) in [5.41, 5.74) is 1.20. The Morgan fingerprint density at radius 2 is 2.20 bits per heavy atom. The Morgan fingerprint density at radius 1 is 1.20 bits per heavy atom. The first-order valence-electron chi connectivity index (χ1n) is 2.65. The molecule has 0 aromatic heterocycles. The Morgan fingerprint density at radius 3 is 3.10 bits per heavy atom. The Hall–Kier alpha value is -1.65. The number of oxime groups is 3. The molecule has 5 heteroatoms. The van der Waals surface area contributed by atoms with E-state index >= 15 is 0 Å². The molecule has 0 radical (unpaired) electrons. The molecular weight excluding hydrogens is 134 g/mol. The van der Waals surface area contributed by atoms with Crippen molar-refractivity contribution in [3.63, 3.8) is 0 Å². The van der Waals surface area contributed by atoms with Gasteiger partial charge < -0.3 is 4.84 Å². The second-order valence-electron chi connectivity index (χ2n) is 1.68. The summed E-state index contributed by atoms with van der Waals surface area (Å²) in [5.74, 6) is 0. The number of hydrogen-bond donors (Lipinski definition) is 0. The third-order valence-electron chi connectivity index (χ3n) is 1.06. The second-order valence-corrected chi connectivity index (χ2v) is 1.68. The summed E-state index contributed by atoms with van der Waals surface area (Å²) in [6.45, 7) is 0. The van der Waals surface area contributed by atoms with Crippen LogP contribution in [0.5, 0.6) is 0 Å². The molecule has 0 bridgehead atoms. The van der Waals surface area contributed by atoms with E-state index in [1.54, 1.807) is 6.08 Å². The molecule has 0 aromatic rings. The van der Waals surface area contributed by atoms with Crippen molar-refractivity contribution < 1.29 is 9.78 Å². The fraction of sp³-hybridized carbons (Fsp3) is 0. The smallest absolute Gasteiger partial charge is 0.154 e. The van der Waals surface area contributed by atoms with E-state index in [1.165, 1.54) is 12.5 Å². The van der Waals surface area contributed by atoms with Gasteiger partial charge in [0.25, 0.3) is 0 Å². The summed E-state index contributed by atoms with van der Waals surface area (Å²) in [5, 5.41) is 10.6. The van der Waals surface area contributed by atoms with Crippen molar-refractivity contribution in [3.8, 4) is 0 Å². The largest absolute Gasteiger partial charge is 0.364 e. The third kappa shape index (κ3) is 0.680. The van der Waals surface area contributed by atoms with Crippen molar-refractivity contribution in [1.82, 2.24) is 0 Å². The predicted molar refractivity (Wildman–Crippen MR) is 34.7 cm³/mol. The zero-order valence-electron chi connectivity index (χ0n) is 4.89. The lowest BCUT2D eigenvalue weighted by Crippen LogP contribution is -2.19. The van der Waals surface area contributed by atoms with Gasteiger partial charge in [0.05, 0.1) is 0 Å². The summed E-state index contributed by atoms with van der Waals surface area (Å²) < 4.78 is 0. The SMILES string of the molecule is C1=CC2=NON=CC2=NO1. The van der Waals surface area contributed by atoms with Gasteiger partial charge in [0.2, 0.25) is 0 Å². The lowest BCUT2D eigenvalue weighted by molar-refractivity contribution is 0.156. The fourth-order valence-corrected chi connectivity index (χ4v) is 0.622. The van der Waals surface area contributed by atoms with Gasteiger partial charge in [-0.1, -0.05) is 10.3 Å². The van der Waals surface area contributed by atoms with E-state index in [9.17, 15) is 0 Å². The first-order valence-corrected chi connectivity index (χ1v) is 2.65. The average molecular weight is 137 g/mol. The normalized spacial score (nSPS) is 20.0. The Balaban J connectivity index is 2.38. The number of nitrogens with zero attached hydrogens (tertiary/aromatic N) is 3. The predicted octanol–water partition coefficient (Wildman–Crippen LogP) is 0.258. The Kier molecular flexibility index (Phi) is 1.00. The third-order valence-corrected chi connectivity index (χ3v) is 1.06. The molecule has 0 saturated heterocycles. The van der Waals surface area contributed by atoms with Crippen LogP contribution in [-0.4, -0.2) is 17.6 Å². The van der Waals surface area contributed by atoms with E-state index in [-0.39, 0.29) is 0 Å². The average Bonchev–Trinajstić information content (AvgIpc) is 2.05. The fourth-order valence-electron chi connectivity index (χ4n) is 0.622. The highest BCUT2D eigenvalue weighted by Crippen LogP contribution is 2.00. The first-order chi connectivity index (χ1) is 4.97. The lowest BCUT2D eigenvalue weighted by Gasteiger charge is -2.05. The molecule has 0 aromatic carbocycles. The molecule has 2 rings (SSSR count). The van der Waals surface area contributed by atoms with Crippen LogP contribution in [0.4, 0.5) is 0 Å². The maximum atomic E-state index is 4.62. The molecule has 10 heavy (non-hydrogen) atoms. The molecule has 0 N–H and O–H groups in total. The molecule has 0 aliphatic carbocycles. The zero-order valence-corrected chi connectivity index (χ0v) is 4.89. The number of hydrogen-bond acceptors (Lipinski definition) is 5. The number of allylic oxidation sites excluding steroid dienone is 1. The number of rotatable bonds is 0. The van der Waals surface area contributed by atoms with Crippen molar-refractivity contribution in [3.05, 3.63) is 12.3 Å². The summed E-state index contributed by atoms with van der Waals surface area (Å²) in [7, 11) is 0. The van der Waals surface area contributed by atoms with Crippen LogP contribution in [0.2, 0.25) is 0 Å². The standard InChI is InChI=1S/C5H3N3O2/c1-2-9-7-5-3-6-10-8-4(1)5/h1-3H. The highest BCUT2D eigenvalue weighted by atomic mass is 16.8. The molecule has 2 heterocycles. The van der Waals surface area contributed by atoms with Gasteiger partial charge in [0.1, 0.15) is 18.2 Å². The molecule has 0 fully saturated rings. The maximum Gasteiger partial charge on any atom is 0.154 e. The molecule has 0 spiro atoms. The van der Waals surface area contributed by atoms with E-state index in [2.05, 4.69) is 25.2 Å². The van der Waals surface area contributed by atoms with E-state index < -0.39 is 0 Å². The Labute approximate surface area is 56.3 Å². The van der Waals surface area contributed by atoms with Crippen molar-refractivity contribution in [1.29, 1.82) is 0 Å². The van der Waals surface area contributed by atoms with Crippen LogP contribution in [0, 0.1) is 0 Å². The molecule has 50 valence electrons. The molecule has 2 aliphatic rings. The van der Waals surface area contributed by atoms with E-state index in [4.69, 9.17) is 0 Å². The summed E-state index contributed by atoms with van der Waals surface area (Å²) in [4.78, 5) is 9.03. The molecule has 0 amide bonds. The van der Waals surface area contributed by atoms with Gasteiger partial charge >= 0.3 is 0 Å². The lowest BCUT2D eigenvalue weighted by atomic mass is 10.2. The number of fused-ring (bicyclic) bond motifs is 1. The van der Waals surface area contributed by atoms with Crippen molar-refractivity contribution in [2.24, 2.45) is 15.5 Å².